The lowest BCUT2D eigenvalue weighted by atomic mass is 10.0. The van der Waals surface area contributed by atoms with Crippen LogP contribution in [-0.4, -0.2) is 108 Å². The Hall–Kier alpha value is -3.88. The molecule has 0 aliphatic carbocycles. The fourth-order valence-electron chi connectivity index (χ4n) is 7.26. The average Bonchev–Trinajstić information content (AvgIpc) is 3.63. The predicted octanol–water partition coefficient (Wildman–Crippen LogP) is 8.83. The number of aliphatic hydroxyl groups is 4. The lowest BCUT2D eigenvalue weighted by Crippen LogP contribution is -2.36. The maximum atomic E-state index is 12.9. The molecule has 1 aliphatic heterocycles. The molecule has 1 aliphatic rings. The van der Waals surface area contributed by atoms with Crippen LogP contribution < -0.4 is 11.4 Å². The first-order valence-electron chi connectivity index (χ1n) is 26.1. The second-order valence-electron chi connectivity index (χ2n) is 18.0. The summed E-state index contributed by atoms with van der Waals surface area (Å²) in [5, 5.41) is 41.5. The van der Waals surface area contributed by atoms with Gasteiger partial charge in [-0.3, -0.25) is 23.2 Å². The number of nitrogens with two attached hydrogens (primary N) is 1. The Labute approximate surface area is 437 Å². The van der Waals surface area contributed by atoms with Gasteiger partial charge < -0.3 is 50.2 Å². The van der Waals surface area contributed by atoms with Gasteiger partial charge in [-0.05, 0) is 83.1 Å². The molecule has 2 rings (SSSR count). The highest BCUT2D eigenvalue weighted by molar-refractivity contribution is 7.61. The molecule has 1 aromatic heterocycles. The minimum absolute atomic E-state index is 0.0315. The molecule has 0 amide bonds. The van der Waals surface area contributed by atoms with Gasteiger partial charge in [0.25, 0.3) is 0 Å². The van der Waals surface area contributed by atoms with Gasteiger partial charge in [0.05, 0.1) is 25.4 Å². The molecule has 22 heteroatoms. The van der Waals surface area contributed by atoms with Crippen LogP contribution in [0.25, 0.3) is 0 Å². The molecular weight excluding hydrogens is 1000 g/mol. The third-order valence-electron chi connectivity index (χ3n) is 11.5. The van der Waals surface area contributed by atoms with Crippen LogP contribution in [0.1, 0.15) is 161 Å². The zero-order valence-corrected chi connectivity index (χ0v) is 45.1. The fraction of sp³-hybridized carbons (Fsp3) is 0.654. The van der Waals surface area contributed by atoms with Crippen molar-refractivity contribution in [3.8, 4) is 0 Å². The van der Waals surface area contributed by atoms with Crippen LogP contribution in [0.4, 0.5) is 5.82 Å². The first-order valence-corrected chi connectivity index (χ1v) is 29.1. The summed E-state index contributed by atoms with van der Waals surface area (Å²) in [6.45, 7) is 1.84. The van der Waals surface area contributed by atoms with E-state index in [9.17, 15) is 53.7 Å². The number of ether oxygens (including phenoxy) is 3. The van der Waals surface area contributed by atoms with Crippen molar-refractivity contribution in [2.75, 3.05) is 25.6 Å². The van der Waals surface area contributed by atoms with E-state index in [2.05, 4.69) is 59.6 Å². The third kappa shape index (κ3) is 31.2. The second-order valence-corrected chi connectivity index (χ2v) is 21.0. The Kier molecular flexibility index (Phi) is 35.3. The number of phosphoric ester groups is 2. The van der Waals surface area contributed by atoms with Crippen molar-refractivity contribution in [1.82, 2.24) is 9.55 Å². The molecule has 74 heavy (non-hydrogen) atoms. The van der Waals surface area contributed by atoms with E-state index >= 15 is 0 Å². The molecular formula is C52H85N3O17P2. The summed E-state index contributed by atoms with van der Waals surface area (Å²) in [5.74, 6) is -1.52. The number of hydrogen-bond acceptors (Lipinski definition) is 17. The Morgan fingerprint density at radius 1 is 0.703 bits per heavy atom. The van der Waals surface area contributed by atoms with Crippen LogP contribution in [0.15, 0.2) is 90.0 Å². The van der Waals surface area contributed by atoms with E-state index in [0.717, 1.165) is 75.0 Å². The van der Waals surface area contributed by atoms with Crippen molar-refractivity contribution in [3.63, 3.8) is 0 Å². The topological polar surface area (TPSA) is 306 Å². The Balaban J connectivity index is 1.86. The summed E-state index contributed by atoms with van der Waals surface area (Å²) in [6.07, 6.45) is 32.9. The first-order chi connectivity index (χ1) is 35.5. The standard InChI is InChI=1S/C52H85N3O17P2/c1-3-5-7-9-11-12-13-14-15-16-17-18-19-20-21-22-23-27-31-35-47(58)67-39-42(70-48(59)36-32-28-24-26-30-34-44(57)43(56)33-29-25-10-8-6-4-2)40-68-73(63,64)72-74(65,66)69-41-45-49(60)50(61)51(71-45)55-38-37-46(53)54-52(55)62/h11-12,14-15,17-18,20-21,23,25,27,29,37-38,42-45,49-51,56-57,60-61H,3-10,13,16,19,22,24,26,28,30-36,39-41H2,1-2H3,(H,63,64)(H,65,66)(H2,53,54,62)/b12-11-,15-14-,18-17-,21-20-,27-23-,29-25-/t42-,43+,44+,45-,49-,50-,51-/m1/s1. The van der Waals surface area contributed by atoms with Crippen LogP contribution in [-0.2, 0) is 46.3 Å². The molecule has 0 saturated carbocycles. The normalized spacial score (nSPS) is 20.3. The van der Waals surface area contributed by atoms with Gasteiger partial charge in [-0.25, -0.2) is 13.9 Å². The number of unbranched alkanes of at least 4 members (excludes halogenated alkanes) is 10. The van der Waals surface area contributed by atoms with Crippen LogP contribution in [0.2, 0.25) is 0 Å². The SMILES string of the molecule is CCCCC/C=C\C/C=C\C/C=C\C/C=C\C/C=C\CCC(=O)OC[C@H](COP(=O)(O)OP(=O)(O)OC[C@H]1O[C@@H](n2ccc(N)nc2=O)[C@H](O)[C@@H]1O)OC(=O)CCCCCCC[C@H](O)[C@@H](O)C/C=C\CCCCC. The van der Waals surface area contributed by atoms with Gasteiger partial charge in [0, 0.05) is 19.0 Å². The smallest absolute Gasteiger partial charge is 0.462 e. The average molecular weight is 1090 g/mol. The summed E-state index contributed by atoms with van der Waals surface area (Å²) in [5.41, 5.74) is 4.57. The summed E-state index contributed by atoms with van der Waals surface area (Å²) in [6, 6.07) is 1.23. The highest BCUT2D eigenvalue weighted by Gasteiger charge is 2.46. The number of nitrogens with zero attached hydrogens (tertiary/aromatic N) is 2. The van der Waals surface area contributed by atoms with Gasteiger partial charge >= 0.3 is 33.3 Å². The number of phosphoric acid groups is 2. The molecule has 8 N–H and O–H groups in total. The van der Waals surface area contributed by atoms with Crippen LogP contribution in [0, 0.1) is 0 Å². The minimum Gasteiger partial charge on any atom is -0.462 e. The summed E-state index contributed by atoms with van der Waals surface area (Å²) >= 11 is 0. The van der Waals surface area contributed by atoms with Crippen molar-refractivity contribution in [3.05, 3.63) is 95.7 Å². The highest BCUT2D eigenvalue weighted by Crippen LogP contribution is 2.60. The number of allylic oxidation sites excluding steroid dienone is 11. The third-order valence-corrected chi connectivity index (χ3v) is 14.1. The number of hydrogen-bond donors (Lipinski definition) is 7. The molecule has 0 spiro atoms. The lowest BCUT2D eigenvalue weighted by molar-refractivity contribution is -0.161. The fourth-order valence-corrected chi connectivity index (χ4v) is 9.37. The van der Waals surface area contributed by atoms with Crippen molar-refractivity contribution in [2.24, 2.45) is 0 Å². The number of aliphatic hydroxyl groups excluding tert-OH is 4. The molecule has 2 unspecified atom stereocenters. The minimum atomic E-state index is -5.48. The van der Waals surface area contributed by atoms with Gasteiger partial charge in [0.1, 0.15) is 30.7 Å². The maximum absolute atomic E-state index is 12.9. The summed E-state index contributed by atoms with van der Waals surface area (Å²) in [4.78, 5) is 61.9. The van der Waals surface area contributed by atoms with Crippen molar-refractivity contribution in [1.29, 1.82) is 0 Å². The number of carbonyl (C=O) groups is 2. The number of anilines is 1. The molecule has 1 fully saturated rings. The molecule has 0 bridgehead atoms. The van der Waals surface area contributed by atoms with Gasteiger partial charge in [0.2, 0.25) is 0 Å². The molecule has 2 heterocycles. The van der Waals surface area contributed by atoms with Crippen molar-refractivity contribution >= 4 is 33.4 Å². The van der Waals surface area contributed by atoms with E-state index in [0.29, 0.717) is 44.9 Å². The Morgan fingerprint density at radius 2 is 1.26 bits per heavy atom. The van der Waals surface area contributed by atoms with E-state index in [1.807, 2.05) is 36.5 Å². The molecule has 1 saturated heterocycles. The maximum Gasteiger partial charge on any atom is 0.481 e. The zero-order chi connectivity index (χ0) is 54.5. The molecule has 9 atom stereocenters. The largest absolute Gasteiger partial charge is 0.481 e. The first kappa shape index (κ1) is 66.2. The van der Waals surface area contributed by atoms with E-state index in [4.69, 9.17) is 29.0 Å². The van der Waals surface area contributed by atoms with E-state index in [1.165, 1.54) is 25.3 Å². The summed E-state index contributed by atoms with van der Waals surface area (Å²) in [7, 11) is -11.0. The molecule has 1 aromatic rings. The molecule has 420 valence electrons. The van der Waals surface area contributed by atoms with Crippen LogP contribution in [0.3, 0.4) is 0 Å². The Bertz CT molecular complexity index is 2060. The zero-order valence-electron chi connectivity index (χ0n) is 43.3. The second kappa shape index (κ2) is 39.5. The highest BCUT2D eigenvalue weighted by atomic mass is 31.3. The quantitative estimate of drug-likeness (QED) is 0.0139. The molecule has 0 aromatic carbocycles. The predicted molar refractivity (Wildman–Crippen MR) is 282 cm³/mol. The number of nitrogen functional groups attached to an aromatic ring is 1. The lowest BCUT2D eigenvalue weighted by Gasteiger charge is -2.21. The van der Waals surface area contributed by atoms with E-state index in [-0.39, 0.29) is 18.7 Å². The molecule has 0 radical (unpaired) electrons. The number of aromatic nitrogens is 2. The van der Waals surface area contributed by atoms with Gasteiger partial charge in [-0.15, -0.1) is 0 Å². The van der Waals surface area contributed by atoms with Crippen molar-refractivity contribution < 1.29 is 76.5 Å². The van der Waals surface area contributed by atoms with E-state index < -0.39 is 95.9 Å². The van der Waals surface area contributed by atoms with Gasteiger partial charge in [-0.1, -0.05) is 138 Å². The van der Waals surface area contributed by atoms with Crippen LogP contribution in [0.5, 0.6) is 0 Å². The van der Waals surface area contributed by atoms with E-state index in [1.54, 1.807) is 0 Å². The van der Waals surface area contributed by atoms with Gasteiger partial charge in [-0.2, -0.15) is 9.29 Å². The number of rotatable bonds is 42. The monoisotopic (exact) mass is 1090 g/mol. The molecule has 20 nitrogen and oxygen atoms in total. The Morgan fingerprint density at radius 3 is 1.86 bits per heavy atom. The summed E-state index contributed by atoms with van der Waals surface area (Å²) < 4.78 is 56.6. The van der Waals surface area contributed by atoms with Gasteiger partial charge in [0.15, 0.2) is 12.3 Å². The number of carbonyl (C=O) groups excluding carboxylic acids is 2. The number of esters is 2. The van der Waals surface area contributed by atoms with Crippen LogP contribution >= 0.6 is 15.6 Å². The van der Waals surface area contributed by atoms with Crippen molar-refractivity contribution in [2.45, 2.75) is 198 Å².